The summed E-state index contributed by atoms with van der Waals surface area (Å²) in [5.41, 5.74) is -0.904. The predicted molar refractivity (Wildman–Crippen MR) is 62.9 cm³/mol. The molecule has 1 heterocycles. The molecule has 0 aromatic heterocycles. The first-order valence-corrected chi connectivity index (χ1v) is 5.28. The van der Waals surface area contributed by atoms with Crippen molar-refractivity contribution in [3.63, 3.8) is 0 Å². The van der Waals surface area contributed by atoms with E-state index in [1.807, 2.05) is 0 Å². The van der Waals surface area contributed by atoms with Crippen molar-refractivity contribution >= 4 is 29.2 Å². The van der Waals surface area contributed by atoms with Crippen LogP contribution in [0.2, 0.25) is 0 Å². The standard InChI is InChI=1S/C10H14N2O3S/c1-3-6-12-8(15)10(2,11-9(12)16)5-4-7(13)14/h3H,1,4-6H2,2H3,(H,11,16)(H,13,14). The third-order valence-corrected chi connectivity index (χ3v) is 2.82. The molecule has 1 atom stereocenters. The summed E-state index contributed by atoms with van der Waals surface area (Å²) in [5, 5.41) is 11.8. The number of amides is 1. The summed E-state index contributed by atoms with van der Waals surface area (Å²) in [6.07, 6.45) is 1.73. The number of hydrogen-bond donors (Lipinski definition) is 2. The summed E-state index contributed by atoms with van der Waals surface area (Å²) in [5.74, 6) is -1.12. The number of aliphatic carboxylic acids is 1. The van der Waals surface area contributed by atoms with Gasteiger partial charge in [0.2, 0.25) is 0 Å². The van der Waals surface area contributed by atoms with Gasteiger partial charge >= 0.3 is 5.97 Å². The van der Waals surface area contributed by atoms with Crippen LogP contribution in [0.4, 0.5) is 0 Å². The Morgan fingerprint density at radius 3 is 2.88 bits per heavy atom. The summed E-state index contributed by atoms with van der Waals surface area (Å²) in [6.45, 7) is 5.54. The molecular weight excluding hydrogens is 228 g/mol. The average Bonchev–Trinajstić information content (AvgIpc) is 2.41. The maximum atomic E-state index is 12.0. The lowest BCUT2D eigenvalue weighted by atomic mass is 9.96. The molecule has 1 fully saturated rings. The summed E-state index contributed by atoms with van der Waals surface area (Å²) < 4.78 is 0. The topological polar surface area (TPSA) is 69.6 Å². The van der Waals surface area contributed by atoms with Crippen LogP contribution in [0.25, 0.3) is 0 Å². The van der Waals surface area contributed by atoms with E-state index in [0.29, 0.717) is 11.7 Å². The van der Waals surface area contributed by atoms with E-state index >= 15 is 0 Å². The number of nitrogens with zero attached hydrogens (tertiary/aromatic N) is 1. The van der Waals surface area contributed by atoms with Crippen molar-refractivity contribution in [1.82, 2.24) is 10.2 Å². The third-order valence-electron chi connectivity index (χ3n) is 2.50. The second kappa shape index (κ2) is 4.61. The molecule has 1 rings (SSSR count). The lowest BCUT2D eigenvalue weighted by Gasteiger charge is -2.20. The molecule has 1 amide bonds. The van der Waals surface area contributed by atoms with Crippen molar-refractivity contribution in [3.8, 4) is 0 Å². The first-order chi connectivity index (χ1) is 7.40. The van der Waals surface area contributed by atoms with Crippen LogP contribution >= 0.6 is 12.2 Å². The van der Waals surface area contributed by atoms with E-state index in [4.69, 9.17) is 17.3 Å². The van der Waals surface area contributed by atoms with Crippen LogP contribution < -0.4 is 5.32 Å². The molecule has 0 aromatic rings. The Morgan fingerprint density at radius 1 is 1.75 bits per heavy atom. The molecule has 6 heteroatoms. The largest absolute Gasteiger partial charge is 0.481 e. The fourth-order valence-electron chi connectivity index (χ4n) is 1.57. The van der Waals surface area contributed by atoms with Crippen molar-refractivity contribution in [3.05, 3.63) is 12.7 Å². The molecule has 5 nitrogen and oxygen atoms in total. The number of nitrogens with one attached hydrogen (secondary N) is 1. The van der Waals surface area contributed by atoms with E-state index in [0.717, 1.165) is 0 Å². The molecule has 0 aromatic carbocycles. The van der Waals surface area contributed by atoms with Crippen molar-refractivity contribution in [2.45, 2.75) is 25.3 Å². The maximum absolute atomic E-state index is 12.0. The Bertz CT molecular complexity index is 356. The zero-order valence-corrected chi connectivity index (χ0v) is 9.84. The van der Waals surface area contributed by atoms with Crippen molar-refractivity contribution in [2.24, 2.45) is 0 Å². The lowest BCUT2D eigenvalue weighted by molar-refractivity contribution is -0.138. The van der Waals surface area contributed by atoms with Gasteiger partial charge in [-0.3, -0.25) is 14.5 Å². The van der Waals surface area contributed by atoms with Crippen molar-refractivity contribution in [2.75, 3.05) is 6.54 Å². The molecule has 0 spiro atoms. The molecular formula is C10H14N2O3S. The SMILES string of the molecule is C=CCN1C(=O)C(C)(CCC(=O)O)NC1=S. The number of carboxylic acid groups (broad SMARTS) is 1. The molecule has 16 heavy (non-hydrogen) atoms. The van der Waals surface area contributed by atoms with Gasteiger partial charge in [-0.2, -0.15) is 0 Å². The van der Waals surface area contributed by atoms with Gasteiger partial charge in [0.05, 0.1) is 0 Å². The molecule has 1 aliphatic heterocycles. The maximum Gasteiger partial charge on any atom is 0.303 e. The Morgan fingerprint density at radius 2 is 2.38 bits per heavy atom. The molecule has 0 aliphatic carbocycles. The summed E-state index contributed by atoms with van der Waals surface area (Å²) in [7, 11) is 0. The molecule has 1 aliphatic rings. The van der Waals surface area contributed by atoms with Crippen LogP contribution in [0.5, 0.6) is 0 Å². The smallest absolute Gasteiger partial charge is 0.303 e. The molecule has 0 saturated carbocycles. The predicted octanol–water partition coefficient (Wildman–Crippen LogP) is 0.513. The second-order valence-electron chi connectivity index (χ2n) is 3.86. The quantitative estimate of drug-likeness (QED) is 0.543. The number of carboxylic acids is 1. The van der Waals surface area contributed by atoms with E-state index in [2.05, 4.69) is 11.9 Å². The van der Waals surface area contributed by atoms with Gasteiger partial charge in [0.1, 0.15) is 5.54 Å². The van der Waals surface area contributed by atoms with E-state index in [9.17, 15) is 9.59 Å². The fraction of sp³-hybridized carbons (Fsp3) is 0.500. The first kappa shape index (κ1) is 12.6. The van der Waals surface area contributed by atoms with E-state index in [1.54, 1.807) is 13.0 Å². The highest BCUT2D eigenvalue weighted by molar-refractivity contribution is 7.80. The van der Waals surface area contributed by atoms with E-state index < -0.39 is 11.5 Å². The van der Waals surface area contributed by atoms with Crippen LogP contribution in [0.1, 0.15) is 19.8 Å². The van der Waals surface area contributed by atoms with Crippen molar-refractivity contribution < 1.29 is 14.7 Å². The van der Waals surface area contributed by atoms with Gasteiger partial charge in [-0.15, -0.1) is 6.58 Å². The lowest BCUT2D eigenvalue weighted by Crippen LogP contribution is -2.44. The molecule has 0 radical (unpaired) electrons. The zero-order valence-electron chi connectivity index (χ0n) is 9.02. The van der Waals surface area contributed by atoms with Gasteiger partial charge in [-0.25, -0.2) is 0 Å². The minimum Gasteiger partial charge on any atom is -0.481 e. The number of hydrogen-bond acceptors (Lipinski definition) is 3. The summed E-state index contributed by atoms with van der Waals surface area (Å²) in [4.78, 5) is 23.9. The Kier molecular flexibility index (Phi) is 3.64. The summed E-state index contributed by atoms with van der Waals surface area (Å²) in [6, 6.07) is 0. The van der Waals surface area contributed by atoms with Gasteiger partial charge in [-0.1, -0.05) is 6.08 Å². The van der Waals surface area contributed by atoms with Gasteiger partial charge in [0.15, 0.2) is 5.11 Å². The fourth-order valence-corrected chi connectivity index (χ4v) is 1.95. The minimum absolute atomic E-state index is 0.0697. The van der Waals surface area contributed by atoms with E-state index in [1.165, 1.54) is 4.90 Å². The Balaban J connectivity index is 2.76. The number of carbonyl (C=O) groups excluding carboxylic acids is 1. The van der Waals surface area contributed by atoms with Crippen LogP contribution in [-0.2, 0) is 9.59 Å². The van der Waals surface area contributed by atoms with Crippen LogP contribution in [0, 0.1) is 0 Å². The minimum atomic E-state index is -0.927. The monoisotopic (exact) mass is 242 g/mol. The average molecular weight is 242 g/mol. The normalized spacial score (nSPS) is 24.4. The first-order valence-electron chi connectivity index (χ1n) is 4.87. The molecule has 1 saturated heterocycles. The number of carbonyl (C=O) groups is 2. The summed E-state index contributed by atoms with van der Waals surface area (Å²) >= 11 is 5.01. The molecule has 88 valence electrons. The second-order valence-corrected chi connectivity index (χ2v) is 4.25. The highest BCUT2D eigenvalue weighted by Crippen LogP contribution is 2.22. The Hall–Kier alpha value is -1.43. The van der Waals surface area contributed by atoms with Crippen LogP contribution in [0.3, 0.4) is 0 Å². The van der Waals surface area contributed by atoms with Crippen LogP contribution in [0.15, 0.2) is 12.7 Å². The highest BCUT2D eigenvalue weighted by Gasteiger charge is 2.44. The van der Waals surface area contributed by atoms with Gasteiger partial charge in [0, 0.05) is 13.0 Å². The molecule has 1 unspecified atom stereocenters. The van der Waals surface area contributed by atoms with Crippen LogP contribution in [-0.4, -0.2) is 39.1 Å². The highest BCUT2D eigenvalue weighted by atomic mass is 32.1. The molecule has 2 N–H and O–H groups in total. The molecule has 0 bridgehead atoms. The number of rotatable bonds is 5. The van der Waals surface area contributed by atoms with Gasteiger partial charge in [-0.05, 0) is 25.6 Å². The third kappa shape index (κ3) is 2.38. The number of thiocarbonyl (C=S) groups is 1. The Labute approximate surface area is 99.1 Å². The van der Waals surface area contributed by atoms with E-state index in [-0.39, 0.29) is 18.7 Å². The van der Waals surface area contributed by atoms with Gasteiger partial charge < -0.3 is 10.4 Å². The van der Waals surface area contributed by atoms with Gasteiger partial charge in [0.25, 0.3) is 5.91 Å². The zero-order chi connectivity index (χ0) is 12.3. The van der Waals surface area contributed by atoms with Crippen molar-refractivity contribution in [1.29, 1.82) is 0 Å².